The maximum absolute atomic E-state index is 4.76. The predicted molar refractivity (Wildman–Crippen MR) is 126 cm³/mol. The van der Waals surface area contributed by atoms with Crippen LogP contribution < -0.4 is 5.32 Å². The van der Waals surface area contributed by atoms with Gasteiger partial charge in [-0.1, -0.05) is 19.9 Å². The molecule has 0 atom stereocenters. The number of nitrogens with zero attached hydrogens (tertiary/aromatic N) is 2. The lowest BCUT2D eigenvalue weighted by Gasteiger charge is -2.23. The number of hydrogen-bond donors (Lipinski definition) is 2. The van der Waals surface area contributed by atoms with Crippen LogP contribution in [0.3, 0.4) is 0 Å². The van der Waals surface area contributed by atoms with E-state index in [0.29, 0.717) is 11.8 Å². The van der Waals surface area contributed by atoms with Gasteiger partial charge in [0.25, 0.3) is 0 Å². The van der Waals surface area contributed by atoms with E-state index in [1.165, 1.54) is 57.4 Å². The standard InChI is InChI=1S/C26H32N4/c1-15(2)24-22-13-20(19-8-10-27-11-9-19)6-7-23(22)29-25(24)21-12-16(3)26-28-17(4)18(5)30(26)14-21/h6-7,12-15,19,27,29H,8-11H2,1-5H3. The second kappa shape index (κ2) is 7.28. The number of piperidine rings is 1. The Kier molecular flexibility index (Phi) is 4.70. The molecule has 1 aromatic carbocycles. The summed E-state index contributed by atoms with van der Waals surface area (Å²) in [6, 6.07) is 9.37. The summed E-state index contributed by atoms with van der Waals surface area (Å²) in [4.78, 5) is 8.52. The third-order valence-electron chi connectivity index (χ3n) is 6.92. The molecule has 1 fully saturated rings. The minimum atomic E-state index is 0.443. The van der Waals surface area contributed by atoms with Crippen molar-refractivity contribution in [3.63, 3.8) is 0 Å². The van der Waals surface area contributed by atoms with Crippen molar-refractivity contribution in [3.05, 3.63) is 58.5 Å². The molecule has 156 valence electrons. The number of hydrogen-bond acceptors (Lipinski definition) is 2. The summed E-state index contributed by atoms with van der Waals surface area (Å²) < 4.78 is 2.25. The van der Waals surface area contributed by atoms with Gasteiger partial charge in [-0.15, -0.1) is 0 Å². The van der Waals surface area contributed by atoms with Gasteiger partial charge in [-0.3, -0.25) is 0 Å². The fraction of sp³-hybridized carbons (Fsp3) is 0.423. The number of fused-ring (bicyclic) bond motifs is 2. The van der Waals surface area contributed by atoms with Gasteiger partial charge < -0.3 is 14.7 Å². The van der Waals surface area contributed by atoms with Gasteiger partial charge >= 0.3 is 0 Å². The van der Waals surface area contributed by atoms with E-state index in [9.17, 15) is 0 Å². The fourth-order valence-corrected chi connectivity index (χ4v) is 5.14. The SMILES string of the molecule is Cc1nc2c(C)cc(-c3[nH]c4ccc(C5CCNCC5)cc4c3C(C)C)cn2c1C. The number of nitrogens with one attached hydrogen (secondary N) is 2. The van der Waals surface area contributed by atoms with Crippen LogP contribution >= 0.6 is 0 Å². The Morgan fingerprint density at radius 1 is 1.07 bits per heavy atom. The molecule has 0 aliphatic carbocycles. The molecule has 1 aliphatic rings. The van der Waals surface area contributed by atoms with Crippen LogP contribution in [-0.2, 0) is 0 Å². The summed E-state index contributed by atoms with van der Waals surface area (Å²) in [5.41, 5.74) is 11.2. The van der Waals surface area contributed by atoms with Gasteiger partial charge in [0.1, 0.15) is 5.65 Å². The number of imidazole rings is 1. The van der Waals surface area contributed by atoms with Crippen molar-refractivity contribution < 1.29 is 0 Å². The summed E-state index contributed by atoms with van der Waals surface area (Å²) in [5.74, 6) is 1.11. The highest BCUT2D eigenvalue weighted by atomic mass is 15.0. The van der Waals surface area contributed by atoms with E-state index in [-0.39, 0.29) is 0 Å². The lowest BCUT2D eigenvalue weighted by Crippen LogP contribution is -2.26. The van der Waals surface area contributed by atoms with Gasteiger partial charge in [0.15, 0.2) is 0 Å². The Balaban J connectivity index is 1.70. The molecule has 3 aromatic heterocycles. The zero-order valence-corrected chi connectivity index (χ0v) is 18.8. The molecule has 1 saturated heterocycles. The molecule has 0 spiro atoms. The number of H-pyrrole nitrogens is 1. The Hall–Kier alpha value is -2.59. The van der Waals surface area contributed by atoms with E-state index in [2.05, 4.69) is 79.8 Å². The van der Waals surface area contributed by atoms with Crippen LogP contribution in [-0.4, -0.2) is 27.5 Å². The molecule has 4 nitrogen and oxygen atoms in total. The number of aryl methyl sites for hydroxylation is 3. The molecule has 0 amide bonds. The first-order chi connectivity index (χ1) is 14.4. The van der Waals surface area contributed by atoms with Crippen LogP contribution in [0.15, 0.2) is 30.5 Å². The Morgan fingerprint density at radius 3 is 2.57 bits per heavy atom. The second-order valence-electron chi connectivity index (χ2n) is 9.29. The molecule has 1 aliphatic heterocycles. The van der Waals surface area contributed by atoms with Gasteiger partial charge in [0.2, 0.25) is 0 Å². The minimum Gasteiger partial charge on any atom is -0.354 e. The van der Waals surface area contributed by atoms with Crippen LogP contribution in [0.4, 0.5) is 0 Å². The van der Waals surface area contributed by atoms with Crippen molar-refractivity contribution in [3.8, 4) is 11.3 Å². The highest BCUT2D eigenvalue weighted by Crippen LogP contribution is 2.38. The third-order valence-corrected chi connectivity index (χ3v) is 6.92. The lowest BCUT2D eigenvalue weighted by atomic mass is 9.88. The molecular formula is C26H32N4. The molecule has 0 unspecified atom stereocenters. The Bertz CT molecular complexity index is 1240. The second-order valence-corrected chi connectivity index (χ2v) is 9.29. The highest BCUT2D eigenvalue weighted by Gasteiger charge is 2.21. The normalized spacial score (nSPS) is 15.7. The van der Waals surface area contributed by atoms with Gasteiger partial charge in [0, 0.05) is 28.4 Å². The quantitative estimate of drug-likeness (QED) is 0.443. The van der Waals surface area contributed by atoms with E-state index >= 15 is 0 Å². The molecule has 5 rings (SSSR count). The van der Waals surface area contributed by atoms with E-state index in [0.717, 1.165) is 24.4 Å². The maximum atomic E-state index is 4.76. The summed E-state index contributed by atoms with van der Waals surface area (Å²) in [6.07, 6.45) is 4.71. The average molecular weight is 401 g/mol. The van der Waals surface area contributed by atoms with E-state index in [1.807, 2.05) is 0 Å². The monoisotopic (exact) mass is 400 g/mol. The topological polar surface area (TPSA) is 45.1 Å². The van der Waals surface area contributed by atoms with Crippen molar-refractivity contribution in [1.82, 2.24) is 19.7 Å². The maximum Gasteiger partial charge on any atom is 0.140 e. The highest BCUT2D eigenvalue weighted by molar-refractivity contribution is 5.92. The van der Waals surface area contributed by atoms with Crippen molar-refractivity contribution in [2.24, 2.45) is 0 Å². The number of rotatable bonds is 3. The van der Waals surface area contributed by atoms with Crippen molar-refractivity contribution >= 4 is 16.6 Å². The molecule has 0 radical (unpaired) electrons. The molecule has 0 saturated carbocycles. The molecular weight excluding hydrogens is 368 g/mol. The smallest absolute Gasteiger partial charge is 0.140 e. The van der Waals surface area contributed by atoms with Gasteiger partial charge in [-0.05, 0) is 93.4 Å². The number of pyridine rings is 1. The first-order valence-electron chi connectivity index (χ1n) is 11.3. The van der Waals surface area contributed by atoms with Crippen LogP contribution in [0.2, 0.25) is 0 Å². The Labute approximate surface area is 178 Å². The molecule has 4 heterocycles. The number of benzene rings is 1. The van der Waals surface area contributed by atoms with E-state index in [1.54, 1.807) is 0 Å². The number of aromatic amines is 1. The fourth-order valence-electron chi connectivity index (χ4n) is 5.14. The Morgan fingerprint density at radius 2 is 1.83 bits per heavy atom. The van der Waals surface area contributed by atoms with Crippen molar-refractivity contribution in [2.75, 3.05) is 13.1 Å². The largest absolute Gasteiger partial charge is 0.354 e. The summed E-state index contributed by atoms with van der Waals surface area (Å²) in [7, 11) is 0. The first kappa shape index (κ1) is 19.4. The lowest BCUT2D eigenvalue weighted by molar-refractivity contribution is 0.460. The molecule has 2 N–H and O–H groups in total. The summed E-state index contributed by atoms with van der Waals surface area (Å²) in [6.45, 7) is 13.3. The van der Waals surface area contributed by atoms with Crippen molar-refractivity contribution in [2.45, 2.75) is 59.3 Å². The van der Waals surface area contributed by atoms with Gasteiger partial charge in [-0.2, -0.15) is 0 Å². The first-order valence-corrected chi connectivity index (χ1v) is 11.3. The van der Waals surface area contributed by atoms with Crippen LogP contribution in [0.1, 0.15) is 66.6 Å². The summed E-state index contributed by atoms with van der Waals surface area (Å²) >= 11 is 0. The van der Waals surface area contributed by atoms with Gasteiger partial charge in [-0.25, -0.2) is 4.98 Å². The van der Waals surface area contributed by atoms with Crippen LogP contribution in [0.25, 0.3) is 27.8 Å². The van der Waals surface area contributed by atoms with Gasteiger partial charge in [0.05, 0.1) is 11.4 Å². The number of aromatic nitrogens is 3. The van der Waals surface area contributed by atoms with Crippen LogP contribution in [0.5, 0.6) is 0 Å². The molecule has 30 heavy (non-hydrogen) atoms. The zero-order chi connectivity index (χ0) is 21.0. The van der Waals surface area contributed by atoms with E-state index in [4.69, 9.17) is 4.98 Å². The van der Waals surface area contributed by atoms with Crippen molar-refractivity contribution in [1.29, 1.82) is 0 Å². The zero-order valence-electron chi connectivity index (χ0n) is 18.8. The molecule has 4 aromatic rings. The average Bonchev–Trinajstić information content (AvgIpc) is 3.27. The predicted octanol–water partition coefficient (Wildman–Crippen LogP) is 6.00. The molecule has 4 heteroatoms. The van der Waals surface area contributed by atoms with E-state index < -0.39 is 0 Å². The van der Waals surface area contributed by atoms with Crippen LogP contribution in [0, 0.1) is 20.8 Å². The minimum absolute atomic E-state index is 0.443. The third kappa shape index (κ3) is 3.05. The summed E-state index contributed by atoms with van der Waals surface area (Å²) in [5, 5.41) is 4.87. The molecule has 0 bridgehead atoms.